The number of nitrogens with one attached hydrogen (secondary N) is 2. The highest BCUT2D eigenvalue weighted by atomic mass is 35.5. The fraction of sp³-hybridized carbons (Fsp3) is 0.235. The van der Waals surface area contributed by atoms with Crippen molar-refractivity contribution in [1.82, 2.24) is 20.5 Å². The number of halogens is 3. The third kappa shape index (κ3) is 5.35. The van der Waals surface area contributed by atoms with Crippen LogP contribution in [0.1, 0.15) is 5.89 Å². The Morgan fingerprint density at radius 2 is 1.96 bits per heavy atom. The Morgan fingerprint density at radius 1 is 1.19 bits per heavy atom. The van der Waals surface area contributed by atoms with Crippen molar-refractivity contribution < 1.29 is 17.9 Å². The summed E-state index contributed by atoms with van der Waals surface area (Å²) in [7, 11) is 1.84. The Kier molecular flexibility index (Phi) is 5.82. The molecule has 1 aromatic carbocycles. The van der Waals surface area contributed by atoms with Gasteiger partial charge in [0.15, 0.2) is 0 Å². The van der Waals surface area contributed by atoms with Crippen LogP contribution in [0.15, 0.2) is 47.0 Å². The minimum absolute atomic E-state index is 0.0622. The molecule has 0 spiro atoms. The van der Waals surface area contributed by atoms with E-state index in [1.54, 1.807) is 30.5 Å². The molecule has 3 rings (SSSR count). The fourth-order valence-corrected chi connectivity index (χ4v) is 2.34. The molecule has 10 heteroatoms. The van der Waals surface area contributed by atoms with Crippen LogP contribution in [-0.4, -0.2) is 34.3 Å². The number of hydrogen-bond donors (Lipinski definition) is 2. The van der Waals surface area contributed by atoms with Crippen molar-refractivity contribution in [1.29, 1.82) is 0 Å². The van der Waals surface area contributed by atoms with E-state index in [2.05, 4.69) is 30.6 Å². The van der Waals surface area contributed by atoms with Gasteiger partial charge >= 0.3 is 5.57 Å². The average molecular weight is 396 g/mol. The van der Waals surface area contributed by atoms with Gasteiger partial charge in [-0.25, -0.2) is 4.98 Å². The van der Waals surface area contributed by atoms with Crippen molar-refractivity contribution >= 4 is 23.1 Å². The van der Waals surface area contributed by atoms with Crippen molar-refractivity contribution in [3.05, 3.63) is 48.5 Å². The molecule has 27 heavy (non-hydrogen) atoms. The lowest BCUT2D eigenvalue weighted by Crippen LogP contribution is -2.15. The van der Waals surface area contributed by atoms with Gasteiger partial charge in [0, 0.05) is 36.5 Å². The van der Waals surface area contributed by atoms with Gasteiger partial charge in [0.2, 0.25) is 5.89 Å². The van der Waals surface area contributed by atoms with Gasteiger partial charge in [-0.3, -0.25) is 0 Å². The molecule has 0 aliphatic heterocycles. The van der Waals surface area contributed by atoms with Crippen LogP contribution in [0.3, 0.4) is 0 Å². The molecule has 0 fully saturated rings. The Labute approximate surface area is 158 Å². The van der Waals surface area contributed by atoms with E-state index in [4.69, 9.17) is 16.0 Å². The lowest BCUT2D eigenvalue weighted by atomic mass is 10.2. The molecule has 142 valence electrons. The highest BCUT2D eigenvalue weighted by Gasteiger charge is 2.27. The van der Waals surface area contributed by atoms with Crippen LogP contribution in [0.2, 0.25) is 0 Å². The predicted octanol–water partition coefficient (Wildman–Crippen LogP) is 3.81. The van der Waals surface area contributed by atoms with Gasteiger partial charge in [-0.2, -0.15) is 0 Å². The van der Waals surface area contributed by atoms with E-state index in [9.17, 15) is 8.78 Å². The quantitative estimate of drug-likeness (QED) is 0.561. The molecule has 0 unspecified atom stereocenters. The van der Waals surface area contributed by atoms with E-state index in [0.717, 1.165) is 6.54 Å². The third-order valence-electron chi connectivity index (χ3n) is 3.44. The maximum atomic E-state index is 12.7. The molecule has 2 aromatic heterocycles. The number of rotatable bonds is 8. The first-order valence-corrected chi connectivity index (χ1v) is 8.37. The summed E-state index contributed by atoms with van der Waals surface area (Å²) in [6.45, 7) is 0.718. The van der Waals surface area contributed by atoms with Crippen LogP contribution in [0.4, 0.5) is 20.3 Å². The lowest BCUT2D eigenvalue weighted by molar-refractivity contribution is -0.0964. The lowest BCUT2D eigenvalue weighted by Gasteiger charge is -2.12. The number of ether oxygens (including phenoxy) is 1. The number of likely N-dealkylation sites (N-methyl/N-ethyl adjacent to an activating group) is 1. The molecular formula is C17H16ClF2N5O2. The average Bonchev–Trinajstić information content (AvgIpc) is 3.09. The van der Waals surface area contributed by atoms with Crippen LogP contribution < -0.4 is 15.4 Å². The minimum Gasteiger partial charge on any atom is -0.421 e. The van der Waals surface area contributed by atoms with E-state index in [1.807, 2.05) is 7.05 Å². The molecule has 2 heterocycles. The van der Waals surface area contributed by atoms with Crippen molar-refractivity contribution in [2.75, 3.05) is 18.9 Å². The van der Waals surface area contributed by atoms with Crippen molar-refractivity contribution in [3.63, 3.8) is 0 Å². The second kappa shape index (κ2) is 8.28. The highest BCUT2D eigenvalue weighted by Crippen LogP contribution is 2.29. The molecule has 0 atom stereocenters. The van der Waals surface area contributed by atoms with Crippen LogP contribution in [0, 0.1) is 0 Å². The molecule has 0 radical (unpaired) electrons. The molecule has 0 saturated carbocycles. The SMILES string of the molecule is CNCCc1nnc(-c2cccnc2Nc2ccc(OC(F)(F)Cl)cc2)o1. The molecule has 0 saturated heterocycles. The number of alkyl halides is 3. The first-order valence-electron chi connectivity index (χ1n) is 8.00. The summed E-state index contributed by atoms with van der Waals surface area (Å²) in [6, 6.07) is 9.38. The van der Waals surface area contributed by atoms with Gasteiger partial charge in [0.05, 0.1) is 5.56 Å². The summed E-state index contributed by atoms with van der Waals surface area (Å²) in [5.74, 6) is 1.27. The van der Waals surface area contributed by atoms with Gasteiger partial charge in [0.1, 0.15) is 11.6 Å². The maximum absolute atomic E-state index is 12.7. The third-order valence-corrected chi connectivity index (χ3v) is 3.52. The van der Waals surface area contributed by atoms with E-state index in [0.29, 0.717) is 35.3 Å². The van der Waals surface area contributed by atoms with Crippen LogP contribution in [0.5, 0.6) is 5.75 Å². The molecular weight excluding hydrogens is 380 g/mol. The van der Waals surface area contributed by atoms with Gasteiger partial charge in [-0.05, 0) is 43.4 Å². The van der Waals surface area contributed by atoms with E-state index >= 15 is 0 Å². The second-order valence-electron chi connectivity index (χ2n) is 5.45. The van der Waals surface area contributed by atoms with Crippen LogP contribution in [-0.2, 0) is 6.42 Å². The molecule has 0 bridgehead atoms. The van der Waals surface area contributed by atoms with Gasteiger partial charge in [0.25, 0.3) is 5.89 Å². The fourth-order valence-electron chi connectivity index (χ4n) is 2.25. The Hall–Kier alpha value is -2.78. The largest absolute Gasteiger partial charge is 0.487 e. The Balaban J connectivity index is 1.77. The summed E-state index contributed by atoms with van der Waals surface area (Å²) in [5, 5.41) is 14.2. The van der Waals surface area contributed by atoms with Gasteiger partial charge in [-0.1, -0.05) is 0 Å². The summed E-state index contributed by atoms with van der Waals surface area (Å²) < 4.78 is 35.3. The van der Waals surface area contributed by atoms with Crippen LogP contribution in [0.25, 0.3) is 11.5 Å². The molecule has 0 aliphatic rings. The summed E-state index contributed by atoms with van der Waals surface area (Å²) in [6.07, 6.45) is 2.22. The van der Waals surface area contributed by atoms with E-state index in [1.165, 1.54) is 12.1 Å². The smallest absolute Gasteiger partial charge is 0.421 e. The van der Waals surface area contributed by atoms with Crippen LogP contribution >= 0.6 is 11.6 Å². The standard InChI is InChI=1S/C17H16ClF2N5O2/c1-21-10-8-14-24-25-16(26-14)13-3-2-9-22-15(13)23-11-4-6-12(7-5-11)27-17(18,19)20/h2-7,9,21H,8,10H2,1H3,(H,22,23). The molecule has 0 amide bonds. The zero-order valence-electron chi connectivity index (χ0n) is 14.2. The number of hydrogen-bond acceptors (Lipinski definition) is 7. The second-order valence-corrected chi connectivity index (χ2v) is 5.89. The monoisotopic (exact) mass is 395 g/mol. The number of benzene rings is 1. The molecule has 2 N–H and O–H groups in total. The topological polar surface area (TPSA) is 85.1 Å². The highest BCUT2D eigenvalue weighted by molar-refractivity contribution is 6.20. The molecule has 3 aromatic rings. The number of aromatic nitrogens is 3. The van der Waals surface area contributed by atoms with Gasteiger partial charge in [-0.15, -0.1) is 19.0 Å². The van der Waals surface area contributed by atoms with E-state index in [-0.39, 0.29) is 5.75 Å². The van der Waals surface area contributed by atoms with Crippen molar-refractivity contribution in [2.24, 2.45) is 0 Å². The van der Waals surface area contributed by atoms with E-state index < -0.39 is 5.57 Å². The van der Waals surface area contributed by atoms with Gasteiger partial charge < -0.3 is 19.8 Å². The Morgan fingerprint density at radius 3 is 2.67 bits per heavy atom. The first-order chi connectivity index (χ1) is 12.9. The maximum Gasteiger partial charge on any atom is 0.487 e. The zero-order chi connectivity index (χ0) is 19.3. The molecule has 7 nitrogen and oxygen atoms in total. The Bertz CT molecular complexity index is 884. The number of nitrogens with zero attached hydrogens (tertiary/aromatic N) is 3. The van der Waals surface area contributed by atoms with Crippen molar-refractivity contribution in [3.8, 4) is 17.2 Å². The first kappa shape index (κ1) is 19.0. The number of anilines is 2. The van der Waals surface area contributed by atoms with Crippen molar-refractivity contribution in [2.45, 2.75) is 12.0 Å². The predicted molar refractivity (Wildman–Crippen MR) is 96.3 cm³/mol. The number of pyridine rings is 1. The summed E-state index contributed by atoms with van der Waals surface area (Å²) in [4.78, 5) is 4.28. The minimum atomic E-state index is -3.76. The zero-order valence-corrected chi connectivity index (χ0v) is 15.0. The molecule has 0 aliphatic carbocycles. The summed E-state index contributed by atoms with van der Waals surface area (Å²) in [5.41, 5.74) is -2.53. The summed E-state index contributed by atoms with van der Waals surface area (Å²) >= 11 is 4.75. The normalized spacial score (nSPS) is 11.4.